The predicted molar refractivity (Wildman–Crippen MR) is 79.6 cm³/mol. The minimum atomic E-state index is -0.846. The lowest BCUT2D eigenvalue weighted by atomic mass is 10.2. The Hall–Kier alpha value is -1.95. The Balaban J connectivity index is 2.18. The van der Waals surface area contributed by atoms with E-state index in [1.807, 2.05) is 6.92 Å². The molecule has 0 unspecified atom stereocenters. The van der Waals surface area contributed by atoms with Gasteiger partial charge in [0.05, 0.1) is 6.61 Å². The van der Waals surface area contributed by atoms with Crippen molar-refractivity contribution in [3.63, 3.8) is 0 Å². The van der Waals surface area contributed by atoms with Gasteiger partial charge in [0.1, 0.15) is 11.4 Å². The molecular formula is C15H12BrF2NO2. The van der Waals surface area contributed by atoms with Gasteiger partial charge in [-0.25, -0.2) is 8.78 Å². The fourth-order valence-electron chi connectivity index (χ4n) is 1.72. The first kappa shape index (κ1) is 15.4. The lowest BCUT2D eigenvalue weighted by molar-refractivity contribution is 0.102. The third kappa shape index (κ3) is 3.78. The van der Waals surface area contributed by atoms with Crippen LogP contribution in [-0.4, -0.2) is 12.5 Å². The highest BCUT2D eigenvalue weighted by Gasteiger charge is 2.14. The highest BCUT2D eigenvalue weighted by atomic mass is 79.9. The van der Waals surface area contributed by atoms with Crippen molar-refractivity contribution in [2.75, 3.05) is 11.9 Å². The summed E-state index contributed by atoms with van der Waals surface area (Å²) in [6, 6.07) is 8.44. The third-order valence-electron chi connectivity index (χ3n) is 2.67. The SMILES string of the molecule is CCOc1ccc(C(=O)Nc2c(F)cc(Br)cc2F)cc1. The van der Waals surface area contributed by atoms with Crippen LogP contribution in [0.1, 0.15) is 17.3 Å². The van der Waals surface area contributed by atoms with Gasteiger partial charge in [0.25, 0.3) is 5.91 Å². The summed E-state index contributed by atoms with van der Waals surface area (Å²) in [6.07, 6.45) is 0. The molecule has 2 rings (SSSR count). The van der Waals surface area contributed by atoms with Gasteiger partial charge in [0.2, 0.25) is 0 Å². The van der Waals surface area contributed by atoms with E-state index in [4.69, 9.17) is 4.74 Å². The molecule has 0 atom stereocenters. The van der Waals surface area contributed by atoms with Crippen LogP contribution in [0.25, 0.3) is 0 Å². The molecule has 0 radical (unpaired) electrons. The van der Waals surface area contributed by atoms with E-state index in [0.29, 0.717) is 12.4 Å². The van der Waals surface area contributed by atoms with Gasteiger partial charge in [-0.05, 0) is 43.3 Å². The van der Waals surface area contributed by atoms with Gasteiger partial charge in [-0.3, -0.25) is 4.79 Å². The molecule has 0 spiro atoms. The molecule has 0 saturated heterocycles. The lowest BCUT2D eigenvalue weighted by Crippen LogP contribution is -2.14. The van der Waals surface area contributed by atoms with Crippen LogP contribution < -0.4 is 10.1 Å². The number of amides is 1. The Morgan fingerprint density at radius 3 is 2.29 bits per heavy atom. The highest BCUT2D eigenvalue weighted by molar-refractivity contribution is 9.10. The van der Waals surface area contributed by atoms with Gasteiger partial charge in [-0.1, -0.05) is 15.9 Å². The topological polar surface area (TPSA) is 38.3 Å². The van der Waals surface area contributed by atoms with E-state index in [0.717, 1.165) is 12.1 Å². The summed E-state index contributed by atoms with van der Waals surface area (Å²) >= 11 is 2.97. The summed E-state index contributed by atoms with van der Waals surface area (Å²) in [7, 11) is 0. The second kappa shape index (κ2) is 6.67. The summed E-state index contributed by atoms with van der Waals surface area (Å²) < 4.78 is 32.8. The standard InChI is InChI=1S/C15H12BrF2NO2/c1-2-21-11-5-3-9(4-6-11)15(20)19-14-12(17)7-10(16)8-13(14)18/h3-8H,2H2,1H3,(H,19,20). The molecule has 1 amide bonds. The molecule has 0 aliphatic rings. The van der Waals surface area contributed by atoms with E-state index in [9.17, 15) is 13.6 Å². The van der Waals surface area contributed by atoms with E-state index in [-0.39, 0.29) is 10.0 Å². The molecule has 2 aromatic carbocycles. The number of anilines is 1. The quantitative estimate of drug-likeness (QED) is 0.883. The molecule has 110 valence electrons. The van der Waals surface area contributed by atoms with Crippen molar-refractivity contribution in [2.24, 2.45) is 0 Å². The smallest absolute Gasteiger partial charge is 0.255 e. The van der Waals surface area contributed by atoms with E-state index < -0.39 is 23.2 Å². The lowest BCUT2D eigenvalue weighted by Gasteiger charge is -2.09. The third-order valence-corrected chi connectivity index (χ3v) is 3.13. The maximum atomic E-state index is 13.6. The average Bonchev–Trinajstić information content (AvgIpc) is 2.43. The Labute approximate surface area is 129 Å². The Bertz CT molecular complexity index is 636. The molecule has 0 saturated carbocycles. The normalized spacial score (nSPS) is 10.3. The molecule has 6 heteroatoms. The zero-order chi connectivity index (χ0) is 15.4. The number of ether oxygens (including phenoxy) is 1. The number of benzene rings is 2. The fraction of sp³-hybridized carbons (Fsp3) is 0.133. The van der Waals surface area contributed by atoms with Gasteiger partial charge in [-0.15, -0.1) is 0 Å². The van der Waals surface area contributed by atoms with Gasteiger partial charge in [0.15, 0.2) is 11.6 Å². The number of carbonyl (C=O) groups excluding carboxylic acids is 1. The molecule has 0 bridgehead atoms. The molecule has 0 aliphatic carbocycles. The number of hydrogen-bond acceptors (Lipinski definition) is 2. The van der Waals surface area contributed by atoms with Crippen molar-refractivity contribution in [3.05, 3.63) is 58.1 Å². The van der Waals surface area contributed by atoms with E-state index in [1.165, 1.54) is 12.1 Å². The first-order valence-corrected chi connectivity index (χ1v) is 6.99. The molecule has 0 heterocycles. The van der Waals surface area contributed by atoms with E-state index in [2.05, 4.69) is 21.2 Å². The number of nitrogens with one attached hydrogen (secondary N) is 1. The minimum absolute atomic E-state index is 0.261. The molecule has 0 fully saturated rings. The van der Waals surface area contributed by atoms with Crippen molar-refractivity contribution in [1.29, 1.82) is 0 Å². The molecule has 1 N–H and O–H groups in total. The van der Waals surface area contributed by atoms with Crippen molar-refractivity contribution < 1.29 is 18.3 Å². The monoisotopic (exact) mass is 355 g/mol. The first-order chi connectivity index (χ1) is 10.0. The largest absolute Gasteiger partial charge is 0.494 e. The number of hydrogen-bond donors (Lipinski definition) is 1. The second-order valence-electron chi connectivity index (χ2n) is 4.16. The van der Waals surface area contributed by atoms with Crippen molar-refractivity contribution in [3.8, 4) is 5.75 Å². The zero-order valence-corrected chi connectivity index (χ0v) is 12.7. The fourth-order valence-corrected chi connectivity index (χ4v) is 2.12. The van der Waals surface area contributed by atoms with Crippen LogP contribution in [0.5, 0.6) is 5.75 Å². The van der Waals surface area contributed by atoms with Gasteiger partial charge >= 0.3 is 0 Å². The van der Waals surface area contributed by atoms with Crippen molar-refractivity contribution in [2.45, 2.75) is 6.92 Å². The highest BCUT2D eigenvalue weighted by Crippen LogP contribution is 2.24. The molecular weight excluding hydrogens is 344 g/mol. The summed E-state index contributed by atoms with van der Waals surface area (Å²) in [5.41, 5.74) is -0.197. The summed E-state index contributed by atoms with van der Waals surface area (Å²) in [4.78, 5) is 12.0. The van der Waals surface area contributed by atoms with Crippen LogP contribution in [0.2, 0.25) is 0 Å². The molecule has 21 heavy (non-hydrogen) atoms. The van der Waals surface area contributed by atoms with Crippen molar-refractivity contribution in [1.82, 2.24) is 0 Å². The minimum Gasteiger partial charge on any atom is -0.494 e. The van der Waals surface area contributed by atoms with Gasteiger partial charge in [-0.2, -0.15) is 0 Å². The number of rotatable bonds is 4. The molecule has 2 aromatic rings. The van der Waals surface area contributed by atoms with Crippen LogP contribution in [0, 0.1) is 11.6 Å². The molecule has 3 nitrogen and oxygen atoms in total. The van der Waals surface area contributed by atoms with E-state index in [1.54, 1.807) is 12.1 Å². The Kier molecular flexibility index (Phi) is 4.90. The zero-order valence-electron chi connectivity index (χ0n) is 11.1. The van der Waals surface area contributed by atoms with Crippen LogP contribution in [0.4, 0.5) is 14.5 Å². The number of halogens is 3. The number of carbonyl (C=O) groups is 1. The summed E-state index contributed by atoms with van der Waals surface area (Å²) in [5, 5.41) is 2.22. The Morgan fingerprint density at radius 2 is 1.76 bits per heavy atom. The van der Waals surface area contributed by atoms with Gasteiger partial charge < -0.3 is 10.1 Å². The summed E-state index contributed by atoms with van der Waals surface area (Å²) in [5.74, 6) is -1.67. The van der Waals surface area contributed by atoms with Crippen LogP contribution in [-0.2, 0) is 0 Å². The average molecular weight is 356 g/mol. The maximum Gasteiger partial charge on any atom is 0.255 e. The van der Waals surface area contributed by atoms with Crippen LogP contribution in [0.15, 0.2) is 40.9 Å². The second-order valence-corrected chi connectivity index (χ2v) is 5.07. The summed E-state index contributed by atoms with van der Waals surface area (Å²) in [6.45, 7) is 2.36. The predicted octanol–water partition coefficient (Wildman–Crippen LogP) is 4.38. The van der Waals surface area contributed by atoms with E-state index >= 15 is 0 Å². The van der Waals surface area contributed by atoms with Crippen LogP contribution in [0.3, 0.4) is 0 Å². The van der Waals surface area contributed by atoms with Crippen LogP contribution >= 0.6 is 15.9 Å². The maximum absolute atomic E-state index is 13.6. The molecule has 0 aliphatic heterocycles. The van der Waals surface area contributed by atoms with Gasteiger partial charge in [0, 0.05) is 10.0 Å². The first-order valence-electron chi connectivity index (χ1n) is 6.20. The van der Waals surface area contributed by atoms with Crippen molar-refractivity contribution >= 4 is 27.5 Å². The molecule has 0 aromatic heterocycles. The Morgan fingerprint density at radius 1 is 1.19 bits per heavy atom.